The van der Waals surface area contributed by atoms with Gasteiger partial charge in [0.2, 0.25) is 5.91 Å². The first-order valence-corrected chi connectivity index (χ1v) is 11.9. The molecule has 35 heavy (non-hydrogen) atoms. The van der Waals surface area contributed by atoms with Crippen molar-refractivity contribution >= 4 is 29.4 Å². The lowest BCUT2D eigenvalue weighted by Crippen LogP contribution is -2.56. The number of urea groups is 1. The molecule has 2 aliphatic heterocycles. The largest absolute Gasteiger partial charge is 0.442 e. The smallest absolute Gasteiger partial charge is 0.414 e. The highest BCUT2D eigenvalue weighted by Gasteiger charge is 2.33. The molecule has 1 aromatic carbocycles. The Labute approximate surface area is 205 Å². The van der Waals surface area contributed by atoms with E-state index in [-0.39, 0.29) is 25.0 Å². The first kappa shape index (κ1) is 26.5. The van der Waals surface area contributed by atoms with Crippen LogP contribution in [0.5, 0.6) is 0 Å². The fraction of sp³-hybridized carbons (Fsp3) is 0.609. The van der Waals surface area contributed by atoms with Crippen LogP contribution in [0, 0.1) is 5.82 Å². The predicted octanol–water partition coefficient (Wildman–Crippen LogP) is 0.917. The Morgan fingerprint density at radius 1 is 1.20 bits per heavy atom. The molecule has 0 aliphatic carbocycles. The molecular weight excluding hydrogens is 457 g/mol. The van der Waals surface area contributed by atoms with Crippen molar-refractivity contribution in [3.8, 4) is 0 Å². The summed E-state index contributed by atoms with van der Waals surface area (Å²) in [5.41, 5.74) is 3.73. The van der Waals surface area contributed by atoms with Gasteiger partial charge in [-0.1, -0.05) is 0 Å². The quantitative estimate of drug-likeness (QED) is 0.494. The summed E-state index contributed by atoms with van der Waals surface area (Å²) >= 11 is 0. The van der Waals surface area contributed by atoms with E-state index in [1.807, 2.05) is 23.8 Å². The zero-order chi connectivity index (χ0) is 25.5. The van der Waals surface area contributed by atoms with E-state index in [9.17, 15) is 14.4 Å². The molecule has 0 aromatic heterocycles. The number of cyclic esters (lactones) is 1. The Hall–Kier alpha value is -3.12. The molecule has 12 heteroatoms. The van der Waals surface area contributed by atoms with E-state index in [2.05, 4.69) is 15.6 Å². The van der Waals surface area contributed by atoms with Crippen LogP contribution in [-0.4, -0.2) is 112 Å². The Kier molecular flexibility index (Phi) is 9.10. The molecule has 1 atom stereocenters. The summed E-state index contributed by atoms with van der Waals surface area (Å²) in [5, 5.41) is 4.17. The number of rotatable bonds is 9. The van der Waals surface area contributed by atoms with E-state index in [0.717, 1.165) is 13.1 Å². The van der Waals surface area contributed by atoms with Crippen molar-refractivity contribution in [1.29, 1.82) is 0 Å². The highest BCUT2D eigenvalue weighted by Crippen LogP contribution is 2.28. The number of hydrazine groups is 1. The highest BCUT2D eigenvalue weighted by atomic mass is 19.1. The maximum absolute atomic E-state index is 15.1. The van der Waals surface area contributed by atoms with Crippen LogP contribution in [0.15, 0.2) is 18.2 Å². The van der Waals surface area contributed by atoms with E-state index >= 15 is 4.39 Å². The van der Waals surface area contributed by atoms with Gasteiger partial charge < -0.3 is 24.8 Å². The molecule has 3 rings (SSSR count). The zero-order valence-electron chi connectivity index (χ0n) is 20.9. The molecule has 2 heterocycles. The molecular formula is C23H36FN7O4. The molecule has 11 nitrogen and oxygen atoms in total. The average molecular weight is 494 g/mol. The number of nitrogens with one attached hydrogen (secondary N) is 2. The van der Waals surface area contributed by atoms with Crippen LogP contribution in [0.25, 0.3) is 0 Å². The van der Waals surface area contributed by atoms with Crippen LogP contribution in [0.3, 0.4) is 0 Å². The van der Waals surface area contributed by atoms with Crippen molar-refractivity contribution in [3.05, 3.63) is 24.0 Å². The number of nitrogens with zero attached hydrogens (tertiary/aromatic N) is 5. The molecule has 2 saturated heterocycles. The molecule has 0 spiro atoms. The maximum atomic E-state index is 15.1. The number of hydrogen-bond donors (Lipinski definition) is 2. The molecule has 0 bridgehead atoms. The summed E-state index contributed by atoms with van der Waals surface area (Å²) in [6.45, 7) is 8.10. The van der Waals surface area contributed by atoms with E-state index in [1.165, 1.54) is 17.9 Å². The van der Waals surface area contributed by atoms with Crippen molar-refractivity contribution in [2.24, 2.45) is 0 Å². The number of carbonyl (C=O) groups is 3. The predicted molar refractivity (Wildman–Crippen MR) is 131 cm³/mol. The van der Waals surface area contributed by atoms with Crippen LogP contribution in [0.4, 0.5) is 25.4 Å². The van der Waals surface area contributed by atoms with Gasteiger partial charge in [0.1, 0.15) is 11.9 Å². The van der Waals surface area contributed by atoms with Crippen molar-refractivity contribution < 1.29 is 23.5 Å². The number of likely N-dealkylation sites (N-methyl/N-ethyl adjacent to an activating group) is 2. The van der Waals surface area contributed by atoms with Crippen molar-refractivity contribution in [1.82, 2.24) is 25.6 Å². The van der Waals surface area contributed by atoms with Gasteiger partial charge in [0.05, 0.1) is 31.0 Å². The van der Waals surface area contributed by atoms with Gasteiger partial charge in [-0.05, 0) is 32.2 Å². The fourth-order valence-corrected chi connectivity index (χ4v) is 4.16. The van der Waals surface area contributed by atoms with Crippen LogP contribution in [-0.2, 0) is 9.53 Å². The van der Waals surface area contributed by atoms with Crippen molar-refractivity contribution in [3.63, 3.8) is 0 Å². The second-order valence-corrected chi connectivity index (χ2v) is 8.72. The number of hydrogen-bond acceptors (Lipinski definition) is 7. The third kappa shape index (κ3) is 6.73. The number of anilines is 2. The number of piperazine rings is 1. The molecule has 0 unspecified atom stereocenters. The van der Waals surface area contributed by atoms with E-state index in [4.69, 9.17) is 4.74 Å². The van der Waals surface area contributed by atoms with Crippen molar-refractivity contribution in [2.45, 2.75) is 20.0 Å². The van der Waals surface area contributed by atoms with Gasteiger partial charge in [-0.15, -0.1) is 0 Å². The molecule has 2 N–H and O–H groups in total. The van der Waals surface area contributed by atoms with Crippen LogP contribution in [0.2, 0.25) is 0 Å². The number of amides is 4. The molecule has 1 aromatic rings. The van der Waals surface area contributed by atoms with E-state index < -0.39 is 18.0 Å². The minimum Gasteiger partial charge on any atom is -0.442 e. The van der Waals surface area contributed by atoms with Crippen LogP contribution in [0.1, 0.15) is 13.8 Å². The molecule has 194 valence electrons. The zero-order valence-corrected chi connectivity index (χ0v) is 20.9. The number of halogens is 1. The Morgan fingerprint density at radius 3 is 2.51 bits per heavy atom. The lowest BCUT2D eigenvalue weighted by Gasteiger charge is -2.36. The van der Waals surface area contributed by atoms with Gasteiger partial charge in [-0.2, -0.15) is 0 Å². The topological polar surface area (TPSA) is 101 Å². The summed E-state index contributed by atoms with van der Waals surface area (Å²) < 4.78 is 20.4. The number of benzene rings is 1. The maximum Gasteiger partial charge on any atom is 0.414 e. The average Bonchev–Trinajstić information content (AvgIpc) is 3.21. The highest BCUT2D eigenvalue weighted by molar-refractivity contribution is 5.90. The monoisotopic (exact) mass is 493 g/mol. The third-order valence-corrected chi connectivity index (χ3v) is 6.29. The molecule has 4 amide bonds. The van der Waals surface area contributed by atoms with Crippen LogP contribution >= 0.6 is 0 Å². The van der Waals surface area contributed by atoms with Crippen LogP contribution < -0.4 is 20.5 Å². The minimum atomic E-state index is -0.577. The summed E-state index contributed by atoms with van der Waals surface area (Å²) in [5.74, 6) is -0.680. The summed E-state index contributed by atoms with van der Waals surface area (Å²) in [4.78, 5) is 43.4. The second-order valence-electron chi connectivity index (χ2n) is 8.72. The van der Waals surface area contributed by atoms with Gasteiger partial charge >= 0.3 is 12.1 Å². The molecule has 2 aliphatic rings. The second kappa shape index (κ2) is 12.0. The molecule has 2 fully saturated rings. The fourth-order valence-electron chi connectivity index (χ4n) is 4.16. The first-order valence-electron chi connectivity index (χ1n) is 11.9. The standard InChI is InChI=1S/C23H36FN7O4/c1-5-28(12-13-31(25-3)22(33)29-10-8-27(4)9-11-29)21-7-6-18(14-20(21)24)30-16-19(35-23(30)34)15-26-17(2)32/h6-7,14,19,25H,5,8-13,15-16H2,1-4H3,(H,26,32)/t19-/m0/s1. The van der Waals surface area contributed by atoms with E-state index in [0.29, 0.717) is 44.1 Å². The Balaban J connectivity index is 1.61. The normalized spacial score (nSPS) is 18.4. The van der Waals surface area contributed by atoms with Gasteiger partial charge in [0.15, 0.2) is 0 Å². The number of ether oxygens (including phenoxy) is 1. The molecule has 0 saturated carbocycles. The Morgan fingerprint density at radius 2 is 1.91 bits per heavy atom. The van der Waals surface area contributed by atoms with E-state index in [1.54, 1.807) is 24.2 Å². The summed E-state index contributed by atoms with van der Waals surface area (Å²) in [7, 11) is 3.74. The lowest BCUT2D eigenvalue weighted by molar-refractivity contribution is -0.119. The van der Waals surface area contributed by atoms with Gasteiger partial charge in [0.25, 0.3) is 0 Å². The van der Waals surface area contributed by atoms with Gasteiger partial charge in [-0.25, -0.2) is 19.4 Å². The summed E-state index contributed by atoms with van der Waals surface area (Å²) in [6.07, 6.45) is -1.07. The van der Waals surface area contributed by atoms with Gasteiger partial charge in [-0.3, -0.25) is 14.7 Å². The summed E-state index contributed by atoms with van der Waals surface area (Å²) in [6, 6.07) is 4.53. The molecule has 0 radical (unpaired) electrons. The van der Waals surface area contributed by atoms with Gasteiger partial charge in [0, 0.05) is 53.2 Å². The third-order valence-electron chi connectivity index (χ3n) is 6.29. The Bertz CT molecular complexity index is 910. The van der Waals surface area contributed by atoms with Crippen molar-refractivity contribution in [2.75, 3.05) is 82.8 Å². The number of carbonyl (C=O) groups excluding carboxylic acids is 3. The minimum absolute atomic E-state index is 0.0890. The first-order chi connectivity index (χ1) is 16.7. The SMILES string of the molecule is CCN(CCN(NC)C(=O)N1CCN(C)CC1)c1ccc(N2C[C@H](CNC(C)=O)OC2=O)cc1F. The lowest BCUT2D eigenvalue weighted by atomic mass is 10.2.